The Morgan fingerprint density at radius 1 is 0.644 bits per heavy atom. The molecule has 0 aliphatic rings. The zero-order valence-electron chi connectivity index (χ0n) is 26.4. The lowest BCUT2D eigenvalue weighted by atomic mass is 9.84. The van der Waals surface area contributed by atoms with Crippen molar-refractivity contribution in [1.82, 2.24) is 0 Å². The minimum atomic E-state index is -0.545. The molecule has 2 atom stereocenters. The van der Waals surface area contributed by atoms with Gasteiger partial charge in [0.2, 0.25) is 0 Å². The van der Waals surface area contributed by atoms with Crippen molar-refractivity contribution in [3.63, 3.8) is 0 Å². The van der Waals surface area contributed by atoms with Crippen LogP contribution in [-0.4, -0.2) is 0 Å². The van der Waals surface area contributed by atoms with Crippen LogP contribution in [-0.2, 0) is 24.6 Å². The van der Waals surface area contributed by atoms with Gasteiger partial charge in [-0.05, 0) is 59.2 Å². The Morgan fingerprint density at radius 3 is 1.87 bits per heavy atom. The van der Waals surface area contributed by atoms with Crippen LogP contribution in [0.3, 0.4) is 0 Å². The van der Waals surface area contributed by atoms with E-state index in [0.29, 0.717) is 11.9 Å². The molecule has 1 nitrogen and oxygen atoms in total. The highest BCUT2D eigenvalue weighted by Crippen LogP contribution is 2.53. The molecule has 0 aliphatic heterocycles. The molecule has 0 aromatic heterocycles. The summed E-state index contributed by atoms with van der Waals surface area (Å²) in [5.41, 5.74) is 7.04. The maximum Gasteiger partial charge on any atom is 0.133 e. The highest BCUT2D eigenvalue weighted by molar-refractivity contribution is 7.48. The van der Waals surface area contributed by atoms with Crippen molar-refractivity contribution in [3.8, 4) is 5.75 Å². The van der Waals surface area contributed by atoms with Crippen LogP contribution in [0.5, 0.6) is 5.75 Å². The molecule has 0 bridgehead atoms. The fraction of sp³-hybridized carbons (Fsp3) is 0.268. The minimum absolute atomic E-state index is 0.124. The molecule has 0 saturated carbocycles. The smallest absolute Gasteiger partial charge is 0.133 e. The van der Waals surface area contributed by atoms with Crippen LogP contribution in [0.2, 0.25) is 0 Å². The molecule has 4 heteroatoms. The van der Waals surface area contributed by atoms with Crippen LogP contribution in [0.4, 0.5) is 8.78 Å². The summed E-state index contributed by atoms with van der Waals surface area (Å²) in [6.45, 7) is 4.86. The summed E-state index contributed by atoms with van der Waals surface area (Å²) >= 11 is 0. The molecule has 5 aromatic rings. The summed E-state index contributed by atoms with van der Waals surface area (Å²) < 4.78 is 36.3. The first-order valence-electron chi connectivity index (χ1n) is 16.1. The van der Waals surface area contributed by atoms with E-state index in [-0.39, 0.29) is 13.7 Å². The first-order chi connectivity index (χ1) is 22.0. The van der Waals surface area contributed by atoms with Gasteiger partial charge in [0.25, 0.3) is 0 Å². The van der Waals surface area contributed by atoms with Crippen molar-refractivity contribution in [2.24, 2.45) is 0 Å². The second kappa shape index (κ2) is 16.0. The Hall–Kier alpha value is -3.81. The van der Waals surface area contributed by atoms with Crippen molar-refractivity contribution >= 4 is 13.9 Å². The average Bonchev–Trinajstić information content (AvgIpc) is 3.06. The normalized spacial score (nSPS) is 12.8. The van der Waals surface area contributed by atoms with Crippen LogP contribution in [0.1, 0.15) is 79.3 Å². The van der Waals surface area contributed by atoms with Crippen molar-refractivity contribution < 1.29 is 13.5 Å². The van der Waals surface area contributed by atoms with Gasteiger partial charge in [0.15, 0.2) is 0 Å². The Labute approximate surface area is 269 Å². The minimum Gasteiger partial charge on any atom is -0.488 e. The van der Waals surface area contributed by atoms with Crippen molar-refractivity contribution in [3.05, 3.63) is 166 Å². The molecule has 232 valence electrons. The number of benzene rings is 5. The van der Waals surface area contributed by atoms with Gasteiger partial charge in [-0.1, -0.05) is 145 Å². The van der Waals surface area contributed by atoms with Gasteiger partial charge in [0.05, 0.1) is 0 Å². The lowest BCUT2D eigenvalue weighted by Gasteiger charge is -2.37. The molecule has 2 unspecified atom stereocenters. The number of hydrogen-bond donors (Lipinski definition) is 0. The second-order valence-corrected chi connectivity index (χ2v) is 13.6. The zero-order chi connectivity index (χ0) is 31.5. The first kappa shape index (κ1) is 32.6. The van der Waals surface area contributed by atoms with Crippen molar-refractivity contribution in [2.75, 3.05) is 0 Å². The second-order valence-electron chi connectivity index (χ2n) is 11.9. The van der Waals surface area contributed by atoms with Gasteiger partial charge < -0.3 is 4.74 Å². The molecular formula is C41H43F2OP. The van der Waals surface area contributed by atoms with Crippen LogP contribution < -0.4 is 10.0 Å². The Bertz CT molecular complexity index is 1640. The van der Waals surface area contributed by atoms with Crippen LogP contribution in [0.15, 0.2) is 121 Å². The lowest BCUT2D eigenvalue weighted by molar-refractivity contribution is 0.294. The van der Waals surface area contributed by atoms with Crippen LogP contribution in [0.25, 0.3) is 0 Å². The maximum atomic E-state index is 15.4. The summed E-state index contributed by atoms with van der Waals surface area (Å²) in [7, 11) is 0.124. The third-order valence-corrected chi connectivity index (χ3v) is 10.6. The molecule has 0 amide bonds. The van der Waals surface area contributed by atoms with Gasteiger partial charge >= 0.3 is 0 Å². The molecule has 0 spiro atoms. The molecule has 45 heavy (non-hydrogen) atoms. The van der Waals surface area contributed by atoms with Crippen LogP contribution in [0, 0.1) is 11.6 Å². The molecule has 5 aromatic carbocycles. The van der Waals surface area contributed by atoms with E-state index in [9.17, 15) is 4.39 Å². The highest BCUT2D eigenvalue weighted by atomic mass is 31.1. The summed E-state index contributed by atoms with van der Waals surface area (Å²) in [4.78, 5) is 0. The number of hydrogen-bond acceptors (Lipinski definition) is 1. The third-order valence-electron chi connectivity index (χ3n) is 8.57. The van der Waals surface area contributed by atoms with E-state index in [2.05, 4.69) is 86.6 Å². The van der Waals surface area contributed by atoms with E-state index >= 15 is 4.39 Å². The lowest BCUT2D eigenvalue weighted by Crippen LogP contribution is -2.26. The number of ether oxygens (including phenoxy) is 1. The average molecular weight is 621 g/mol. The molecule has 5 rings (SSSR count). The third kappa shape index (κ3) is 8.68. The maximum absolute atomic E-state index is 15.4. The SMILES string of the molecule is CCCCCC(CC)(Pc1ccc(F)cc1F)c1cc(Cc2ccccc2)cc(Cc2ccccc2)c1OCc1ccccc1. The van der Waals surface area contributed by atoms with Gasteiger partial charge in [0.1, 0.15) is 24.0 Å². The summed E-state index contributed by atoms with van der Waals surface area (Å²) in [5, 5.41) is 0.194. The molecule has 0 N–H and O–H groups in total. The standard InChI is InChI=1S/C41H43F2OP/c1-3-5-15-24-41(4-2,45-39-23-22-36(42)29-38(39)43)37-28-34(25-31-16-9-6-10-17-31)27-35(26-32-18-11-7-12-19-32)40(37)44-30-33-20-13-8-14-21-33/h6-14,16-23,27-29,45H,3-5,15,24-26,30H2,1-2H3. The number of unbranched alkanes of at least 4 members (excludes halogenated alkanes) is 2. The van der Waals surface area contributed by atoms with E-state index in [1.54, 1.807) is 6.07 Å². The van der Waals surface area contributed by atoms with E-state index in [0.717, 1.165) is 73.5 Å². The molecule has 0 aliphatic carbocycles. The summed E-state index contributed by atoms with van der Waals surface area (Å²) in [6.07, 6.45) is 6.44. The Kier molecular flexibility index (Phi) is 11.6. The van der Waals surface area contributed by atoms with E-state index < -0.39 is 11.6 Å². The van der Waals surface area contributed by atoms with Gasteiger partial charge in [0, 0.05) is 28.5 Å². The topological polar surface area (TPSA) is 9.23 Å². The number of halogens is 2. The van der Waals surface area contributed by atoms with E-state index in [4.69, 9.17) is 4.74 Å². The fourth-order valence-corrected chi connectivity index (χ4v) is 7.81. The molecular weight excluding hydrogens is 577 g/mol. The Balaban J connectivity index is 1.70. The van der Waals surface area contributed by atoms with Crippen molar-refractivity contribution in [2.45, 2.75) is 70.6 Å². The summed E-state index contributed by atoms with van der Waals surface area (Å²) in [6, 6.07) is 40.0. The largest absolute Gasteiger partial charge is 0.488 e. The van der Waals surface area contributed by atoms with Gasteiger partial charge in [-0.2, -0.15) is 0 Å². The molecule has 0 fully saturated rings. The fourth-order valence-electron chi connectivity index (χ4n) is 6.14. The van der Waals surface area contributed by atoms with E-state index in [1.165, 1.54) is 22.8 Å². The highest BCUT2D eigenvalue weighted by Gasteiger charge is 2.36. The predicted octanol–water partition coefficient (Wildman–Crippen LogP) is 10.9. The molecule has 0 heterocycles. The number of rotatable bonds is 15. The van der Waals surface area contributed by atoms with Crippen molar-refractivity contribution in [1.29, 1.82) is 0 Å². The van der Waals surface area contributed by atoms with Crippen LogP contribution >= 0.6 is 8.58 Å². The van der Waals surface area contributed by atoms with E-state index in [1.807, 2.05) is 30.3 Å². The van der Waals surface area contributed by atoms with Gasteiger partial charge in [-0.3, -0.25) is 0 Å². The van der Waals surface area contributed by atoms with Gasteiger partial charge in [-0.15, -0.1) is 0 Å². The van der Waals surface area contributed by atoms with Gasteiger partial charge in [-0.25, -0.2) is 8.78 Å². The molecule has 0 radical (unpaired) electrons. The monoisotopic (exact) mass is 620 g/mol. The zero-order valence-corrected chi connectivity index (χ0v) is 27.4. The quantitative estimate of drug-likeness (QED) is 0.0836. The Morgan fingerprint density at radius 2 is 1.27 bits per heavy atom. The first-order valence-corrected chi connectivity index (χ1v) is 17.1. The molecule has 0 saturated heterocycles. The summed E-state index contributed by atoms with van der Waals surface area (Å²) in [5.74, 6) is -0.123. The predicted molar refractivity (Wildman–Crippen MR) is 186 cm³/mol.